The molecule has 0 amide bonds. The van der Waals surface area contributed by atoms with Gasteiger partial charge in [0.05, 0.1) is 0 Å². The van der Waals surface area contributed by atoms with Crippen molar-refractivity contribution in [2.24, 2.45) is 7.05 Å². The SMILES string of the molecule is CCCn1c(C)cn2c3c(=O)n(CC(=O)OCc4ccccc4)c(=O)n(C)c3nc12. The molecule has 0 aliphatic heterocycles. The standard InChI is InChI=1S/C21H23N5O4/c1-4-10-24-14(2)11-25-17-18(22-20(24)25)23(3)21(29)26(19(17)28)12-16(27)30-13-15-8-6-5-7-9-15/h5-9,11H,4,10,12-13H2,1-3H3. The van der Waals surface area contributed by atoms with Gasteiger partial charge >= 0.3 is 11.7 Å². The highest BCUT2D eigenvalue weighted by molar-refractivity contribution is 5.76. The number of hydrogen-bond acceptors (Lipinski definition) is 5. The summed E-state index contributed by atoms with van der Waals surface area (Å²) >= 11 is 0. The molecule has 0 atom stereocenters. The third-order valence-corrected chi connectivity index (χ3v) is 5.12. The number of carbonyl (C=O) groups is 1. The number of esters is 1. The minimum absolute atomic E-state index is 0.0764. The average Bonchev–Trinajstić information content (AvgIpc) is 3.25. The first-order valence-electron chi connectivity index (χ1n) is 9.79. The molecule has 4 aromatic rings. The Labute approximate surface area is 171 Å². The molecular formula is C21H23N5O4. The van der Waals surface area contributed by atoms with Gasteiger partial charge < -0.3 is 9.30 Å². The molecule has 0 saturated heterocycles. The van der Waals surface area contributed by atoms with Crippen LogP contribution in [-0.2, 0) is 36.3 Å². The minimum atomic E-state index is -0.655. The van der Waals surface area contributed by atoms with Crippen molar-refractivity contribution in [1.82, 2.24) is 23.1 Å². The van der Waals surface area contributed by atoms with E-state index in [0.29, 0.717) is 11.4 Å². The van der Waals surface area contributed by atoms with E-state index in [4.69, 9.17) is 4.74 Å². The molecule has 0 radical (unpaired) electrons. The summed E-state index contributed by atoms with van der Waals surface area (Å²) in [7, 11) is 1.54. The molecule has 0 saturated carbocycles. The molecule has 0 aliphatic carbocycles. The van der Waals surface area contributed by atoms with E-state index in [0.717, 1.165) is 28.8 Å². The summed E-state index contributed by atoms with van der Waals surface area (Å²) in [6.45, 7) is 4.36. The normalized spacial score (nSPS) is 11.4. The van der Waals surface area contributed by atoms with Crippen molar-refractivity contribution in [3.63, 3.8) is 0 Å². The van der Waals surface area contributed by atoms with Gasteiger partial charge in [-0.3, -0.25) is 18.6 Å². The van der Waals surface area contributed by atoms with E-state index in [1.807, 2.05) is 48.0 Å². The fourth-order valence-corrected chi connectivity index (χ4v) is 3.61. The third-order valence-electron chi connectivity index (χ3n) is 5.12. The van der Waals surface area contributed by atoms with Gasteiger partial charge in [0, 0.05) is 25.5 Å². The molecule has 30 heavy (non-hydrogen) atoms. The van der Waals surface area contributed by atoms with Crippen molar-refractivity contribution in [2.45, 2.75) is 40.0 Å². The van der Waals surface area contributed by atoms with E-state index < -0.39 is 23.8 Å². The first-order valence-corrected chi connectivity index (χ1v) is 9.79. The van der Waals surface area contributed by atoms with E-state index in [1.165, 1.54) is 4.57 Å². The number of carbonyl (C=O) groups excluding carboxylic acids is 1. The van der Waals surface area contributed by atoms with Gasteiger partial charge in [-0.15, -0.1) is 0 Å². The van der Waals surface area contributed by atoms with Crippen LogP contribution in [0, 0.1) is 6.92 Å². The Morgan fingerprint density at radius 2 is 1.87 bits per heavy atom. The number of ether oxygens (including phenoxy) is 1. The van der Waals surface area contributed by atoms with E-state index in [-0.39, 0.29) is 12.1 Å². The lowest BCUT2D eigenvalue weighted by atomic mass is 10.2. The fourth-order valence-electron chi connectivity index (χ4n) is 3.61. The Kier molecular flexibility index (Phi) is 5.03. The number of imidazole rings is 2. The molecule has 0 unspecified atom stereocenters. The zero-order valence-corrected chi connectivity index (χ0v) is 17.2. The van der Waals surface area contributed by atoms with Gasteiger partial charge in [-0.2, -0.15) is 4.98 Å². The topological polar surface area (TPSA) is 92.5 Å². The number of hydrogen-bond donors (Lipinski definition) is 0. The van der Waals surface area contributed by atoms with E-state index >= 15 is 0 Å². The van der Waals surface area contributed by atoms with Gasteiger partial charge in [0.2, 0.25) is 5.78 Å². The summed E-state index contributed by atoms with van der Waals surface area (Å²) in [5.74, 6) is -0.0567. The van der Waals surface area contributed by atoms with Crippen molar-refractivity contribution in [1.29, 1.82) is 0 Å². The maximum atomic E-state index is 13.1. The van der Waals surface area contributed by atoms with Crippen LogP contribution in [0.15, 0.2) is 46.1 Å². The molecular weight excluding hydrogens is 386 g/mol. The molecule has 0 bridgehead atoms. The zero-order chi connectivity index (χ0) is 21.4. The molecule has 0 spiro atoms. The van der Waals surface area contributed by atoms with Gasteiger partial charge in [-0.1, -0.05) is 37.3 Å². The van der Waals surface area contributed by atoms with Crippen LogP contribution in [0.5, 0.6) is 0 Å². The molecule has 0 N–H and O–H groups in total. The lowest BCUT2D eigenvalue weighted by Crippen LogP contribution is -2.41. The van der Waals surface area contributed by atoms with Crippen molar-refractivity contribution in [3.05, 3.63) is 68.6 Å². The lowest BCUT2D eigenvalue weighted by molar-refractivity contribution is -0.145. The number of rotatable bonds is 6. The highest BCUT2D eigenvalue weighted by Crippen LogP contribution is 2.16. The van der Waals surface area contributed by atoms with Crippen LogP contribution < -0.4 is 11.2 Å². The number of nitrogens with zero attached hydrogens (tertiary/aromatic N) is 5. The van der Waals surface area contributed by atoms with Crippen LogP contribution in [0.4, 0.5) is 0 Å². The van der Waals surface area contributed by atoms with Gasteiger partial charge in [-0.05, 0) is 18.9 Å². The second kappa shape index (κ2) is 7.66. The molecule has 9 heteroatoms. The van der Waals surface area contributed by atoms with Crippen LogP contribution in [0.2, 0.25) is 0 Å². The lowest BCUT2D eigenvalue weighted by Gasteiger charge is -2.08. The van der Waals surface area contributed by atoms with E-state index in [2.05, 4.69) is 11.9 Å². The Morgan fingerprint density at radius 3 is 2.57 bits per heavy atom. The summed E-state index contributed by atoms with van der Waals surface area (Å²) in [5, 5.41) is 0. The Balaban J connectivity index is 1.74. The van der Waals surface area contributed by atoms with Gasteiger partial charge in [0.15, 0.2) is 11.2 Å². The maximum absolute atomic E-state index is 13.1. The Morgan fingerprint density at radius 1 is 1.13 bits per heavy atom. The quantitative estimate of drug-likeness (QED) is 0.451. The van der Waals surface area contributed by atoms with Crippen LogP contribution in [0.3, 0.4) is 0 Å². The molecule has 0 fully saturated rings. The zero-order valence-electron chi connectivity index (χ0n) is 17.2. The first kappa shape index (κ1) is 19.7. The minimum Gasteiger partial charge on any atom is -0.459 e. The van der Waals surface area contributed by atoms with Crippen LogP contribution >= 0.6 is 0 Å². The largest absolute Gasteiger partial charge is 0.459 e. The second-order valence-corrected chi connectivity index (χ2v) is 7.26. The highest BCUT2D eigenvalue weighted by atomic mass is 16.5. The summed E-state index contributed by atoms with van der Waals surface area (Å²) < 4.78 is 11.1. The molecule has 0 aliphatic rings. The predicted octanol–water partition coefficient (Wildman–Crippen LogP) is 1.61. The van der Waals surface area contributed by atoms with Crippen molar-refractivity contribution in [2.75, 3.05) is 0 Å². The van der Waals surface area contributed by atoms with E-state index in [1.54, 1.807) is 11.4 Å². The van der Waals surface area contributed by atoms with Gasteiger partial charge in [0.1, 0.15) is 13.2 Å². The summed E-state index contributed by atoms with van der Waals surface area (Å²) in [5.41, 5.74) is 1.17. The fraction of sp³-hybridized carbons (Fsp3) is 0.333. The molecule has 3 heterocycles. The van der Waals surface area contributed by atoms with Crippen molar-refractivity contribution in [3.8, 4) is 0 Å². The summed E-state index contributed by atoms with van der Waals surface area (Å²) in [4.78, 5) is 42.7. The number of aryl methyl sites for hydroxylation is 3. The van der Waals surface area contributed by atoms with Crippen LogP contribution in [0.1, 0.15) is 24.6 Å². The highest BCUT2D eigenvalue weighted by Gasteiger charge is 2.21. The number of fused-ring (bicyclic) bond motifs is 3. The number of aromatic nitrogens is 5. The Hall–Kier alpha value is -3.62. The summed E-state index contributed by atoms with van der Waals surface area (Å²) in [6.07, 6.45) is 2.73. The van der Waals surface area contributed by atoms with E-state index in [9.17, 15) is 14.4 Å². The molecule has 4 rings (SSSR count). The van der Waals surface area contributed by atoms with Crippen molar-refractivity contribution < 1.29 is 9.53 Å². The smallest absolute Gasteiger partial charge is 0.333 e. The van der Waals surface area contributed by atoms with Crippen molar-refractivity contribution >= 4 is 22.9 Å². The monoisotopic (exact) mass is 409 g/mol. The van der Waals surface area contributed by atoms with Crippen LogP contribution in [-0.4, -0.2) is 29.1 Å². The van der Waals surface area contributed by atoms with Gasteiger partial charge in [0.25, 0.3) is 5.56 Å². The molecule has 1 aromatic carbocycles. The summed E-state index contributed by atoms with van der Waals surface area (Å²) in [6, 6.07) is 9.21. The first-order chi connectivity index (χ1) is 14.4. The molecule has 9 nitrogen and oxygen atoms in total. The molecule has 156 valence electrons. The number of benzene rings is 1. The third kappa shape index (κ3) is 3.22. The average molecular weight is 409 g/mol. The Bertz CT molecular complexity index is 1360. The second-order valence-electron chi connectivity index (χ2n) is 7.26. The maximum Gasteiger partial charge on any atom is 0.333 e. The van der Waals surface area contributed by atoms with Gasteiger partial charge in [-0.25, -0.2) is 9.36 Å². The predicted molar refractivity (Wildman–Crippen MR) is 111 cm³/mol. The molecule has 3 aromatic heterocycles. The van der Waals surface area contributed by atoms with Crippen LogP contribution in [0.25, 0.3) is 16.9 Å².